The molecule has 21 heavy (non-hydrogen) atoms. The van der Waals surface area contributed by atoms with Crippen LogP contribution in [0.15, 0.2) is 11.4 Å². The van der Waals surface area contributed by atoms with Gasteiger partial charge in [0.05, 0.1) is 0 Å². The summed E-state index contributed by atoms with van der Waals surface area (Å²) in [6.45, 7) is 4.75. The average molecular weight is 408 g/mol. The Balaban J connectivity index is 2.35. The molecule has 0 spiro atoms. The molecule has 0 aromatic rings. The summed E-state index contributed by atoms with van der Waals surface area (Å²) in [6, 6.07) is 0. The molecule has 2 aliphatic carbocycles. The third kappa shape index (κ3) is 4.25. The van der Waals surface area contributed by atoms with Crippen LogP contribution >= 0.6 is 13.1 Å². The van der Waals surface area contributed by atoms with Crippen LogP contribution in [0.2, 0.25) is 0 Å². The van der Waals surface area contributed by atoms with Crippen LogP contribution in [0.1, 0.15) is 90.9 Å². The molecule has 0 bridgehead atoms. The quantitative estimate of drug-likeness (QED) is 0.406. The van der Waals surface area contributed by atoms with Gasteiger partial charge in [-0.1, -0.05) is 0 Å². The zero-order valence-electron chi connectivity index (χ0n) is 14.1. The molecule has 2 saturated carbocycles. The van der Waals surface area contributed by atoms with Gasteiger partial charge in [-0.25, -0.2) is 0 Å². The molecule has 0 nitrogen and oxygen atoms in total. The Morgan fingerprint density at radius 3 is 1.76 bits per heavy atom. The molecule has 0 saturated heterocycles. The SMILES string of the molecule is CCC=C(CC)[PH]([Zr][Cl])(C1CCCCC1)C1CCCCC1. The molecule has 2 rings (SSSR count). The van der Waals surface area contributed by atoms with Crippen molar-refractivity contribution < 1.29 is 21.5 Å². The number of allylic oxidation sites excluding steroid dienone is 2. The van der Waals surface area contributed by atoms with E-state index in [1.165, 1.54) is 77.0 Å². The minimum absolute atomic E-state index is 0.720. The zero-order valence-corrected chi connectivity index (χ0v) is 18.3. The van der Waals surface area contributed by atoms with E-state index in [1.807, 2.05) is 5.31 Å². The molecule has 0 aromatic carbocycles. The van der Waals surface area contributed by atoms with E-state index in [4.69, 9.17) is 8.51 Å². The first-order valence-corrected chi connectivity index (χ1v) is 18.4. The van der Waals surface area contributed by atoms with Gasteiger partial charge in [-0.3, -0.25) is 0 Å². The van der Waals surface area contributed by atoms with Crippen LogP contribution in [0, 0.1) is 0 Å². The normalized spacial score (nSPS) is 24.0. The van der Waals surface area contributed by atoms with Gasteiger partial charge < -0.3 is 0 Å². The molecule has 0 unspecified atom stereocenters. The van der Waals surface area contributed by atoms with Gasteiger partial charge in [0.15, 0.2) is 0 Å². The van der Waals surface area contributed by atoms with E-state index in [1.54, 1.807) is 0 Å². The minimum atomic E-state index is -1.32. The fraction of sp³-hybridized carbons (Fsp3) is 0.889. The van der Waals surface area contributed by atoms with E-state index in [0.717, 1.165) is 11.3 Å². The van der Waals surface area contributed by atoms with Crippen LogP contribution in [0.3, 0.4) is 0 Å². The van der Waals surface area contributed by atoms with E-state index >= 15 is 0 Å². The van der Waals surface area contributed by atoms with Gasteiger partial charge in [-0.15, -0.1) is 0 Å². The van der Waals surface area contributed by atoms with Gasteiger partial charge in [0, 0.05) is 0 Å². The monoisotopic (exact) mass is 406 g/mol. The molecular weight excluding hydrogens is 374 g/mol. The maximum atomic E-state index is 6.99. The van der Waals surface area contributed by atoms with Crippen molar-refractivity contribution in [2.24, 2.45) is 0 Å². The first kappa shape index (κ1) is 18.7. The van der Waals surface area contributed by atoms with Crippen molar-refractivity contribution in [1.29, 1.82) is 0 Å². The topological polar surface area (TPSA) is 0 Å². The predicted octanol–water partition coefficient (Wildman–Crippen LogP) is 7.26. The summed E-state index contributed by atoms with van der Waals surface area (Å²) < 4.78 is -1.32. The van der Waals surface area contributed by atoms with Crippen LogP contribution in [-0.4, -0.2) is 11.3 Å². The third-order valence-electron chi connectivity index (χ3n) is 6.02. The molecule has 122 valence electrons. The summed E-state index contributed by atoms with van der Waals surface area (Å²) in [5.74, 6) is 0. The fourth-order valence-corrected chi connectivity index (χ4v) is 28.1. The van der Waals surface area contributed by atoms with Gasteiger partial charge >= 0.3 is 148 Å². The summed E-state index contributed by atoms with van der Waals surface area (Å²) in [4.78, 5) is 0. The van der Waals surface area contributed by atoms with Crippen LogP contribution in [0.4, 0.5) is 0 Å². The van der Waals surface area contributed by atoms with Gasteiger partial charge in [0.25, 0.3) is 0 Å². The van der Waals surface area contributed by atoms with Crippen LogP contribution in [0.5, 0.6) is 0 Å². The van der Waals surface area contributed by atoms with Gasteiger partial charge in [-0.05, 0) is 0 Å². The molecule has 3 heteroatoms. The number of rotatable bonds is 6. The Labute approximate surface area is 147 Å². The molecule has 0 amide bonds. The van der Waals surface area contributed by atoms with Crippen molar-refractivity contribution in [1.82, 2.24) is 0 Å². The molecule has 0 N–H and O–H groups in total. The zero-order chi connectivity index (χ0) is 15.1. The molecule has 2 aliphatic rings. The Morgan fingerprint density at radius 1 is 0.952 bits per heavy atom. The Bertz CT molecular complexity index is 312. The van der Waals surface area contributed by atoms with Crippen molar-refractivity contribution in [3.8, 4) is 0 Å². The molecular formula is C18H34ClPZr. The fourth-order valence-electron chi connectivity index (χ4n) is 5.04. The van der Waals surface area contributed by atoms with Crippen molar-refractivity contribution in [2.45, 2.75) is 102 Å². The van der Waals surface area contributed by atoms with Crippen LogP contribution in [0.25, 0.3) is 0 Å². The standard InChI is InChI=1S/C18H33P.ClH.Zr/c1-3-11-16(4-2)19(17-12-7-5-8-13-17)18-14-9-6-10-15-18;;/h11,17-18H,3-10,12-15H2,1-2H3;1H;. The maximum absolute atomic E-state index is 6.99. The number of halogens is 1. The van der Waals surface area contributed by atoms with Crippen molar-refractivity contribution >= 4 is 13.1 Å². The molecule has 0 atom stereocenters. The molecule has 2 fully saturated rings. The average Bonchev–Trinajstić information content (AvgIpc) is 2.57. The predicted molar refractivity (Wildman–Crippen MR) is 96.6 cm³/mol. The van der Waals surface area contributed by atoms with Crippen LogP contribution < -0.4 is 0 Å². The van der Waals surface area contributed by atoms with E-state index in [-0.39, 0.29) is 0 Å². The van der Waals surface area contributed by atoms with Gasteiger partial charge in [0.2, 0.25) is 0 Å². The summed E-state index contributed by atoms with van der Waals surface area (Å²) in [5, 5.41) is 1.92. The van der Waals surface area contributed by atoms with E-state index in [2.05, 4.69) is 19.9 Å². The van der Waals surface area contributed by atoms with Crippen molar-refractivity contribution in [2.75, 3.05) is 0 Å². The summed E-state index contributed by atoms with van der Waals surface area (Å²) in [7, 11) is 6.99. The molecule has 0 aliphatic heterocycles. The van der Waals surface area contributed by atoms with Crippen molar-refractivity contribution in [3.63, 3.8) is 0 Å². The van der Waals surface area contributed by atoms with E-state index in [9.17, 15) is 0 Å². The second kappa shape index (κ2) is 9.59. The third-order valence-corrected chi connectivity index (χ3v) is 27.9. The second-order valence-corrected chi connectivity index (χ2v) is 22.2. The first-order valence-electron chi connectivity index (χ1n) is 9.36. The van der Waals surface area contributed by atoms with Gasteiger partial charge in [0.1, 0.15) is 0 Å². The Morgan fingerprint density at radius 2 is 1.43 bits per heavy atom. The summed E-state index contributed by atoms with van der Waals surface area (Å²) in [5.41, 5.74) is 2.13. The summed E-state index contributed by atoms with van der Waals surface area (Å²) in [6.07, 6.45) is 20.2. The van der Waals surface area contributed by atoms with E-state index < -0.39 is 26.0 Å². The first-order chi connectivity index (χ1) is 10.3. The molecule has 0 heterocycles. The Hall–Kier alpha value is 1.34. The van der Waals surface area contributed by atoms with E-state index in [0.29, 0.717) is 0 Å². The molecule has 0 radical (unpaired) electrons. The second-order valence-electron chi connectivity index (χ2n) is 7.12. The number of hydrogen-bond donors (Lipinski definition) is 0. The van der Waals surface area contributed by atoms with Gasteiger partial charge in [-0.2, -0.15) is 0 Å². The van der Waals surface area contributed by atoms with Crippen molar-refractivity contribution in [3.05, 3.63) is 11.4 Å². The molecule has 0 aromatic heterocycles. The summed E-state index contributed by atoms with van der Waals surface area (Å²) >= 11 is -0.720. The Kier molecular flexibility index (Phi) is 8.53. The van der Waals surface area contributed by atoms with Crippen LogP contribution in [-0.2, 0) is 21.5 Å². The number of hydrogen-bond acceptors (Lipinski definition) is 0.